The molecule has 1 N–H and O–H groups in total. The van der Waals surface area contributed by atoms with Crippen molar-refractivity contribution in [3.63, 3.8) is 0 Å². The molecule has 1 atom stereocenters. The fourth-order valence-corrected chi connectivity index (χ4v) is 3.46. The van der Waals surface area contributed by atoms with Gasteiger partial charge in [0.2, 0.25) is 0 Å². The highest BCUT2D eigenvalue weighted by atomic mass is 35.5. The second-order valence-electron chi connectivity index (χ2n) is 5.77. The minimum atomic E-state index is -0.0303. The summed E-state index contributed by atoms with van der Waals surface area (Å²) in [5.41, 5.74) is 4.31. The first-order valence-corrected chi connectivity index (χ1v) is 8.64. The van der Waals surface area contributed by atoms with Crippen LogP contribution < -0.4 is 0 Å². The van der Waals surface area contributed by atoms with Crippen LogP contribution in [0.4, 0.5) is 0 Å². The lowest BCUT2D eigenvalue weighted by atomic mass is 9.94. The maximum absolute atomic E-state index is 6.43. The molecule has 0 bridgehead atoms. The molecule has 2 aromatic carbocycles. The number of benzene rings is 2. The Balaban J connectivity index is 1.89. The first-order valence-electron chi connectivity index (χ1n) is 7.88. The van der Waals surface area contributed by atoms with Crippen LogP contribution in [0.25, 0.3) is 11.1 Å². The number of halogens is 2. The van der Waals surface area contributed by atoms with Crippen molar-refractivity contribution < 1.29 is 0 Å². The van der Waals surface area contributed by atoms with Crippen LogP contribution in [0, 0.1) is 0 Å². The molecule has 2 aromatic heterocycles. The maximum Gasteiger partial charge on any atom is 0.0954 e. The second-order valence-corrected chi connectivity index (χ2v) is 6.61. The van der Waals surface area contributed by atoms with Crippen molar-refractivity contribution in [2.24, 2.45) is 0 Å². The van der Waals surface area contributed by atoms with E-state index in [4.69, 9.17) is 23.2 Å². The van der Waals surface area contributed by atoms with Gasteiger partial charge in [-0.05, 0) is 23.8 Å². The highest BCUT2D eigenvalue weighted by molar-refractivity contribution is 6.33. The van der Waals surface area contributed by atoms with Crippen molar-refractivity contribution in [3.05, 3.63) is 101 Å². The van der Waals surface area contributed by atoms with E-state index in [1.807, 2.05) is 73.4 Å². The zero-order valence-electron chi connectivity index (χ0n) is 13.2. The summed E-state index contributed by atoms with van der Waals surface area (Å²) in [5.74, 6) is 0. The predicted molar refractivity (Wildman–Crippen MR) is 102 cm³/mol. The molecule has 25 heavy (non-hydrogen) atoms. The number of hydrogen-bond donors (Lipinski definition) is 1. The minimum Gasteiger partial charge on any atom is -0.367 e. The summed E-state index contributed by atoms with van der Waals surface area (Å²) in [6, 6.07) is 15.7. The largest absolute Gasteiger partial charge is 0.367 e. The topological polar surface area (TPSA) is 33.6 Å². The van der Waals surface area contributed by atoms with Crippen LogP contribution in [-0.2, 0) is 0 Å². The van der Waals surface area contributed by atoms with Gasteiger partial charge in [0.05, 0.1) is 12.4 Å². The predicted octanol–water partition coefficient (Wildman–Crippen LogP) is 5.82. The van der Waals surface area contributed by atoms with Crippen LogP contribution in [0.5, 0.6) is 0 Å². The van der Waals surface area contributed by atoms with E-state index in [9.17, 15) is 0 Å². The van der Waals surface area contributed by atoms with Crippen molar-refractivity contribution >= 4 is 23.2 Å². The van der Waals surface area contributed by atoms with Gasteiger partial charge in [0.1, 0.15) is 0 Å². The summed E-state index contributed by atoms with van der Waals surface area (Å²) in [6.45, 7) is 0. The minimum absolute atomic E-state index is 0.0303. The van der Waals surface area contributed by atoms with Gasteiger partial charge in [0, 0.05) is 51.5 Å². The van der Waals surface area contributed by atoms with Crippen LogP contribution in [0.3, 0.4) is 0 Å². The molecule has 0 spiro atoms. The average Bonchev–Trinajstić information content (AvgIpc) is 3.30. The van der Waals surface area contributed by atoms with Crippen LogP contribution in [0.1, 0.15) is 17.2 Å². The van der Waals surface area contributed by atoms with Crippen LogP contribution >= 0.6 is 23.2 Å². The molecule has 0 radical (unpaired) electrons. The van der Waals surface area contributed by atoms with Gasteiger partial charge in [-0.1, -0.05) is 53.5 Å². The summed E-state index contributed by atoms with van der Waals surface area (Å²) in [6.07, 6.45) is 9.56. The van der Waals surface area contributed by atoms with E-state index < -0.39 is 0 Å². The van der Waals surface area contributed by atoms with Crippen molar-refractivity contribution in [3.8, 4) is 11.1 Å². The third kappa shape index (κ3) is 3.09. The molecule has 4 rings (SSSR count). The Morgan fingerprint density at radius 2 is 1.72 bits per heavy atom. The maximum atomic E-state index is 6.43. The molecule has 0 aliphatic carbocycles. The number of hydrogen-bond acceptors (Lipinski definition) is 1. The first-order chi connectivity index (χ1) is 12.2. The lowest BCUT2D eigenvalue weighted by molar-refractivity contribution is 0.679. The van der Waals surface area contributed by atoms with E-state index in [1.54, 1.807) is 6.20 Å². The Kier molecular flexibility index (Phi) is 4.35. The van der Waals surface area contributed by atoms with E-state index in [2.05, 4.69) is 14.5 Å². The summed E-state index contributed by atoms with van der Waals surface area (Å²) >= 11 is 12.5. The summed E-state index contributed by atoms with van der Waals surface area (Å²) in [5, 5.41) is 1.44. The quantitative estimate of drug-likeness (QED) is 0.484. The first kappa shape index (κ1) is 16.0. The normalized spacial score (nSPS) is 12.2. The van der Waals surface area contributed by atoms with Gasteiger partial charge >= 0.3 is 0 Å². The molecule has 0 fully saturated rings. The zero-order valence-corrected chi connectivity index (χ0v) is 14.7. The Morgan fingerprint density at radius 3 is 2.44 bits per heavy atom. The molecule has 1 unspecified atom stereocenters. The Morgan fingerprint density at radius 1 is 0.920 bits per heavy atom. The lowest BCUT2D eigenvalue weighted by Crippen LogP contribution is -2.10. The van der Waals surface area contributed by atoms with E-state index in [-0.39, 0.29) is 6.04 Å². The molecule has 3 nitrogen and oxygen atoms in total. The fourth-order valence-electron chi connectivity index (χ4n) is 3.09. The molecule has 0 aliphatic heterocycles. The summed E-state index contributed by atoms with van der Waals surface area (Å²) in [4.78, 5) is 7.45. The molecular formula is C20H15Cl2N3. The number of H-pyrrole nitrogens is 1. The average molecular weight is 368 g/mol. The van der Waals surface area contributed by atoms with Crippen molar-refractivity contribution in [2.45, 2.75) is 6.04 Å². The van der Waals surface area contributed by atoms with Gasteiger partial charge in [-0.3, -0.25) is 0 Å². The Hall–Kier alpha value is -2.49. The Bertz CT molecular complexity index is 972. The number of nitrogens with zero attached hydrogens (tertiary/aromatic N) is 2. The molecular weight excluding hydrogens is 353 g/mol. The molecule has 124 valence electrons. The molecule has 5 heteroatoms. The Labute approximate surface area is 155 Å². The number of nitrogens with one attached hydrogen (secondary N) is 1. The van der Waals surface area contributed by atoms with Crippen molar-refractivity contribution in [2.75, 3.05) is 0 Å². The van der Waals surface area contributed by atoms with Gasteiger partial charge in [0.25, 0.3) is 0 Å². The summed E-state index contributed by atoms with van der Waals surface area (Å²) in [7, 11) is 0. The smallest absolute Gasteiger partial charge is 0.0954 e. The SMILES string of the molecule is Clc1ccc(C(c2c[nH]cc2-c2ccccc2Cl)n2ccnc2)cc1. The van der Waals surface area contributed by atoms with E-state index >= 15 is 0 Å². The van der Waals surface area contributed by atoms with Gasteiger partial charge in [0.15, 0.2) is 0 Å². The van der Waals surface area contributed by atoms with Gasteiger partial charge < -0.3 is 9.55 Å². The molecule has 0 amide bonds. The van der Waals surface area contributed by atoms with Crippen LogP contribution in [0.2, 0.25) is 10.0 Å². The van der Waals surface area contributed by atoms with Crippen molar-refractivity contribution in [1.29, 1.82) is 0 Å². The highest BCUT2D eigenvalue weighted by Gasteiger charge is 2.21. The van der Waals surface area contributed by atoms with Gasteiger partial charge in [-0.2, -0.15) is 0 Å². The van der Waals surface area contributed by atoms with Crippen LogP contribution in [-0.4, -0.2) is 14.5 Å². The molecule has 4 aromatic rings. The number of imidazole rings is 1. The highest BCUT2D eigenvalue weighted by Crippen LogP contribution is 2.37. The summed E-state index contributed by atoms with van der Waals surface area (Å²) < 4.78 is 2.08. The number of aromatic nitrogens is 3. The third-order valence-corrected chi connectivity index (χ3v) is 4.83. The second kappa shape index (κ2) is 6.79. The number of rotatable bonds is 4. The van der Waals surface area contributed by atoms with Crippen molar-refractivity contribution in [1.82, 2.24) is 14.5 Å². The fraction of sp³-hybridized carbons (Fsp3) is 0.0500. The lowest BCUT2D eigenvalue weighted by Gasteiger charge is -2.20. The zero-order chi connectivity index (χ0) is 17.2. The number of aromatic amines is 1. The monoisotopic (exact) mass is 367 g/mol. The van der Waals surface area contributed by atoms with Gasteiger partial charge in [-0.25, -0.2) is 4.98 Å². The standard InChI is InChI=1S/C20H15Cl2N3/c21-15-7-5-14(6-8-15)20(25-10-9-23-13-25)18-12-24-11-17(18)16-3-1-2-4-19(16)22/h1-13,20,24H. The van der Waals surface area contributed by atoms with Gasteiger partial charge in [-0.15, -0.1) is 0 Å². The van der Waals surface area contributed by atoms with E-state index in [0.29, 0.717) is 5.02 Å². The molecule has 0 saturated carbocycles. The molecule has 0 saturated heterocycles. The van der Waals surface area contributed by atoms with Crippen LogP contribution in [0.15, 0.2) is 79.6 Å². The van der Waals surface area contributed by atoms with E-state index in [0.717, 1.165) is 27.3 Å². The molecule has 0 aliphatic rings. The molecule has 2 heterocycles. The third-order valence-electron chi connectivity index (χ3n) is 4.24. The van der Waals surface area contributed by atoms with E-state index in [1.165, 1.54) is 0 Å².